The quantitative estimate of drug-likeness (QED) is 0.658. The van der Waals surface area contributed by atoms with Gasteiger partial charge in [-0.2, -0.15) is 0 Å². The molecule has 1 atom stereocenters. The van der Waals surface area contributed by atoms with Crippen LogP contribution in [0.2, 0.25) is 0 Å². The molecule has 0 radical (unpaired) electrons. The first-order valence-electron chi connectivity index (χ1n) is 8.09. The summed E-state index contributed by atoms with van der Waals surface area (Å²) in [5, 5.41) is 4.52. The Morgan fingerprint density at radius 2 is 1.74 bits per heavy atom. The van der Waals surface area contributed by atoms with E-state index >= 15 is 0 Å². The highest BCUT2D eigenvalue weighted by Gasteiger charge is 2.33. The summed E-state index contributed by atoms with van der Waals surface area (Å²) >= 11 is 1.32. The van der Waals surface area contributed by atoms with Crippen LogP contribution in [0.4, 0.5) is 5.69 Å². The fraction of sp³-hybridized carbons (Fsp3) is 0.235. The maximum absolute atomic E-state index is 12.1. The Balaban J connectivity index is 1.51. The third-order valence-electron chi connectivity index (χ3n) is 4.05. The van der Waals surface area contributed by atoms with E-state index in [4.69, 9.17) is 0 Å². The number of amides is 3. The number of anilines is 1. The van der Waals surface area contributed by atoms with Gasteiger partial charge in [0.05, 0.1) is 22.3 Å². The van der Waals surface area contributed by atoms with Gasteiger partial charge < -0.3 is 5.32 Å². The van der Waals surface area contributed by atoms with Gasteiger partial charge in [-0.05, 0) is 42.1 Å². The van der Waals surface area contributed by atoms with E-state index < -0.39 is 27.6 Å². The highest BCUT2D eigenvalue weighted by Crippen LogP contribution is 2.18. The molecule has 1 aromatic heterocycles. The van der Waals surface area contributed by atoms with Crippen molar-refractivity contribution in [3.05, 3.63) is 52.2 Å². The second-order valence-electron chi connectivity index (χ2n) is 6.05. The van der Waals surface area contributed by atoms with Crippen LogP contribution in [0.5, 0.6) is 0 Å². The number of benzene rings is 1. The van der Waals surface area contributed by atoms with Crippen molar-refractivity contribution >= 4 is 44.6 Å². The fourth-order valence-electron chi connectivity index (χ4n) is 2.60. The normalized spacial score (nSPS) is 17.9. The maximum Gasteiger partial charge on any atom is 0.269 e. The van der Waals surface area contributed by atoms with Gasteiger partial charge in [0, 0.05) is 11.3 Å². The van der Waals surface area contributed by atoms with E-state index in [1.165, 1.54) is 23.5 Å². The van der Waals surface area contributed by atoms with Crippen molar-refractivity contribution in [3.63, 3.8) is 0 Å². The molecule has 3 N–H and O–H groups in total. The molecule has 1 aromatic carbocycles. The molecule has 0 aliphatic carbocycles. The van der Waals surface area contributed by atoms with Crippen molar-refractivity contribution in [2.24, 2.45) is 5.92 Å². The van der Waals surface area contributed by atoms with Gasteiger partial charge in [-0.25, -0.2) is 8.42 Å². The van der Waals surface area contributed by atoms with Crippen LogP contribution in [0, 0.1) is 5.92 Å². The third kappa shape index (κ3) is 4.92. The second-order valence-corrected chi connectivity index (χ2v) is 9.23. The largest absolute Gasteiger partial charge is 0.321 e. The molecule has 27 heavy (non-hydrogen) atoms. The Kier molecular flexibility index (Phi) is 5.57. The number of carbonyl (C=O) groups excluding carboxylic acids is 3. The molecule has 142 valence electrons. The van der Waals surface area contributed by atoms with E-state index in [0.29, 0.717) is 10.6 Å². The van der Waals surface area contributed by atoms with Gasteiger partial charge >= 0.3 is 0 Å². The zero-order chi connectivity index (χ0) is 19.4. The van der Waals surface area contributed by atoms with Crippen LogP contribution in [0.25, 0.3) is 0 Å². The van der Waals surface area contributed by atoms with Crippen molar-refractivity contribution in [2.45, 2.75) is 6.42 Å². The lowest BCUT2D eigenvalue weighted by molar-refractivity contribution is -0.125. The highest BCUT2D eigenvalue weighted by molar-refractivity contribution is 7.91. The van der Waals surface area contributed by atoms with E-state index in [1.54, 1.807) is 29.6 Å². The molecule has 1 fully saturated rings. The lowest BCUT2D eigenvalue weighted by Crippen LogP contribution is -2.44. The maximum atomic E-state index is 12.1. The Morgan fingerprint density at radius 1 is 1.00 bits per heavy atom. The van der Waals surface area contributed by atoms with E-state index in [-0.39, 0.29) is 29.4 Å². The lowest BCUT2D eigenvalue weighted by Gasteiger charge is -2.11. The summed E-state index contributed by atoms with van der Waals surface area (Å²) in [6, 6.07) is 9.65. The monoisotopic (exact) mass is 407 g/mol. The lowest BCUT2D eigenvalue weighted by atomic mass is 10.1. The van der Waals surface area contributed by atoms with Gasteiger partial charge in [-0.3, -0.25) is 25.2 Å². The number of sulfone groups is 1. The summed E-state index contributed by atoms with van der Waals surface area (Å²) in [7, 11) is -3.17. The molecular formula is C17H17N3O5S2. The molecule has 1 aliphatic heterocycles. The van der Waals surface area contributed by atoms with Crippen LogP contribution in [-0.2, 0) is 14.6 Å². The molecule has 1 aliphatic rings. The topological polar surface area (TPSA) is 121 Å². The molecule has 0 saturated carbocycles. The Bertz CT molecular complexity index is 953. The number of thiophene rings is 1. The van der Waals surface area contributed by atoms with E-state index in [2.05, 4.69) is 16.2 Å². The fourth-order valence-corrected chi connectivity index (χ4v) is 4.96. The summed E-state index contributed by atoms with van der Waals surface area (Å²) < 4.78 is 22.8. The van der Waals surface area contributed by atoms with Crippen molar-refractivity contribution in [1.29, 1.82) is 0 Å². The minimum atomic E-state index is -3.17. The van der Waals surface area contributed by atoms with Crippen LogP contribution >= 0.6 is 11.3 Å². The van der Waals surface area contributed by atoms with E-state index in [9.17, 15) is 22.8 Å². The van der Waals surface area contributed by atoms with Crippen LogP contribution in [0.1, 0.15) is 26.5 Å². The summed E-state index contributed by atoms with van der Waals surface area (Å²) in [4.78, 5) is 36.6. The molecule has 2 aromatic rings. The first kappa shape index (κ1) is 19.1. The smallest absolute Gasteiger partial charge is 0.269 e. The molecular weight excluding hydrogens is 390 g/mol. The SMILES string of the molecule is O=C(NNC(=O)[C@H]1CCS(=O)(=O)C1)c1ccc(NC(=O)c2cccs2)cc1. The standard InChI is InChI=1S/C17H17N3O5S2/c21-15(19-20-16(22)12-7-9-27(24,25)10-12)11-3-5-13(6-4-11)18-17(23)14-2-1-8-26-14/h1-6,8,12H,7,9-10H2,(H,18,23)(H,19,21)(H,20,22)/t12-/m0/s1. The average Bonchev–Trinajstić information content (AvgIpc) is 3.29. The highest BCUT2D eigenvalue weighted by atomic mass is 32.2. The van der Waals surface area contributed by atoms with Gasteiger partial charge in [0.25, 0.3) is 11.8 Å². The predicted molar refractivity (Wildman–Crippen MR) is 101 cm³/mol. The van der Waals surface area contributed by atoms with Gasteiger partial charge in [-0.1, -0.05) is 6.07 Å². The Labute approximate surface area is 159 Å². The molecule has 3 rings (SSSR count). The van der Waals surface area contributed by atoms with Crippen molar-refractivity contribution < 1.29 is 22.8 Å². The van der Waals surface area contributed by atoms with Gasteiger partial charge in [-0.15, -0.1) is 11.3 Å². The second kappa shape index (κ2) is 7.89. The summed E-state index contributed by atoms with van der Waals surface area (Å²) in [6.07, 6.45) is 0.253. The number of nitrogens with one attached hydrogen (secondary N) is 3. The molecule has 10 heteroatoms. The zero-order valence-corrected chi connectivity index (χ0v) is 15.7. The number of hydrogen-bond acceptors (Lipinski definition) is 6. The van der Waals surface area contributed by atoms with Crippen LogP contribution in [-0.4, -0.2) is 37.6 Å². The van der Waals surface area contributed by atoms with Gasteiger partial charge in [0.15, 0.2) is 9.84 Å². The predicted octanol–water partition coefficient (Wildman–Crippen LogP) is 1.20. The molecule has 8 nitrogen and oxygen atoms in total. The van der Waals surface area contributed by atoms with Gasteiger partial charge in [0.2, 0.25) is 5.91 Å². The van der Waals surface area contributed by atoms with Crippen LogP contribution < -0.4 is 16.2 Å². The molecule has 0 unspecified atom stereocenters. The minimum absolute atomic E-state index is 0.0162. The minimum Gasteiger partial charge on any atom is -0.321 e. The summed E-state index contributed by atoms with van der Waals surface area (Å²) in [6.45, 7) is 0. The van der Waals surface area contributed by atoms with Crippen molar-refractivity contribution in [3.8, 4) is 0 Å². The number of rotatable bonds is 4. The van der Waals surface area contributed by atoms with E-state index in [0.717, 1.165) is 0 Å². The van der Waals surface area contributed by atoms with Gasteiger partial charge in [0.1, 0.15) is 0 Å². The third-order valence-corrected chi connectivity index (χ3v) is 6.69. The number of hydrogen-bond donors (Lipinski definition) is 3. The molecule has 0 bridgehead atoms. The average molecular weight is 407 g/mol. The molecule has 1 saturated heterocycles. The number of carbonyl (C=O) groups is 3. The first-order chi connectivity index (χ1) is 12.8. The Morgan fingerprint density at radius 3 is 2.33 bits per heavy atom. The van der Waals surface area contributed by atoms with Crippen molar-refractivity contribution in [2.75, 3.05) is 16.8 Å². The molecule has 0 spiro atoms. The summed E-state index contributed by atoms with van der Waals surface area (Å²) in [5.74, 6) is -2.17. The molecule has 2 heterocycles. The van der Waals surface area contributed by atoms with E-state index in [1.807, 2.05) is 0 Å². The van der Waals surface area contributed by atoms with Crippen molar-refractivity contribution in [1.82, 2.24) is 10.9 Å². The number of hydrazine groups is 1. The summed E-state index contributed by atoms with van der Waals surface area (Å²) in [5.41, 5.74) is 5.33. The molecule has 3 amide bonds. The zero-order valence-electron chi connectivity index (χ0n) is 14.1. The van der Waals surface area contributed by atoms with Crippen LogP contribution in [0.3, 0.4) is 0 Å². The Hall–Kier alpha value is -2.72. The first-order valence-corrected chi connectivity index (χ1v) is 10.8. The van der Waals surface area contributed by atoms with Crippen LogP contribution in [0.15, 0.2) is 41.8 Å².